The van der Waals surface area contributed by atoms with Gasteiger partial charge in [0.25, 0.3) is 0 Å². The van der Waals surface area contributed by atoms with Crippen LogP contribution in [0.2, 0.25) is 0 Å². The van der Waals surface area contributed by atoms with Gasteiger partial charge in [-0.05, 0) is 17.5 Å². The van der Waals surface area contributed by atoms with Gasteiger partial charge in [-0.1, -0.05) is 44.5 Å². The summed E-state index contributed by atoms with van der Waals surface area (Å²) in [5.74, 6) is 0.798. The van der Waals surface area contributed by atoms with E-state index in [-0.39, 0.29) is 5.82 Å². The zero-order valence-corrected chi connectivity index (χ0v) is 8.81. The Hall–Kier alpha value is -1.11. The van der Waals surface area contributed by atoms with Crippen LogP contribution in [-0.4, -0.2) is 0 Å². The van der Waals surface area contributed by atoms with Crippen LogP contribution in [0.1, 0.15) is 31.4 Å². The van der Waals surface area contributed by atoms with Crippen molar-refractivity contribution in [3.63, 3.8) is 0 Å². The van der Waals surface area contributed by atoms with Crippen molar-refractivity contribution >= 4 is 0 Å². The molecule has 0 unspecified atom stereocenters. The summed E-state index contributed by atoms with van der Waals surface area (Å²) in [6.07, 6.45) is 3.45. The van der Waals surface area contributed by atoms with E-state index in [4.69, 9.17) is 0 Å². The predicted molar refractivity (Wildman–Crippen MR) is 58.6 cm³/mol. The van der Waals surface area contributed by atoms with Crippen LogP contribution < -0.4 is 0 Å². The van der Waals surface area contributed by atoms with Crippen molar-refractivity contribution in [2.24, 2.45) is 0 Å². The first-order valence-electron chi connectivity index (χ1n) is 4.94. The molecule has 75 valence electrons. The summed E-state index contributed by atoms with van der Waals surface area (Å²) < 4.78 is 13.8. The number of rotatable bonds is 4. The van der Waals surface area contributed by atoms with Crippen LogP contribution in [-0.2, 0) is 6.42 Å². The van der Waals surface area contributed by atoms with Gasteiger partial charge < -0.3 is 0 Å². The summed E-state index contributed by atoms with van der Waals surface area (Å²) >= 11 is 0. The Kier molecular flexibility index (Phi) is 3.87. The van der Waals surface area contributed by atoms with Crippen LogP contribution in [0.5, 0.6) is 0 Å². The standard InChI is InChI=1S/C13H16F/c1-4-7-11-8-6-9-12(13(11)14)10(3)5-2/h5-6,8-9H,2,4,7H2,1,3H3. The summed E-state index contributed by atoms with van der Waals surface area (Å²) in [7, 11) is 0. The monoisotopic (exact) mass is 191 g/mol. The first-order valence-corrected chi connectivity index (χ1v) is 4.94. The highest BCUT2D eigenvalue weighted by atomic mass is 19.1. The molecule has 0 aliphatic carbocycles. The molecule has 0 N–H and O–H groups in total. The number of hydrogen-bond donors (Lipinski definition) is 0. The third kappa shape index (κ3) is 2.22. The van der Waals surface area contributed by atoms with Gasteiger partial charge >= 0.3 is 0 Å². The van der Waals surface area contributed by atoms with Gasteiger partial charge in [0.05, 0.1) is 0 Å². The molecule has 0 aromatic heterocycles. The maximum absolute atomic E-state index is 13.8. The number of aryl methyl sites for hydroxylation is 1. The number of allylic oxidation sites excluding steroid dienone is 1. The van der Waals surface area contributed by atoms with Crippen LogP contribution in [0, 0.1) is 11.7 Å². The van der Waals surface area contributed by atoms with Gasteiger partial charge in [0.15, 0.2) is 0 Å². The van der Waals surface area contributed by atoms with Crippen LogP contribution in [0.15, 0.2) is 30.9 Å². The average molecular weight is 191 g/mol. The van der Waals surface area contributed by atoms with Crippen molar-refractivity contribution in [1.82, 2.24) is 0 Å². The Morgan fingerprint density at radius 1 is 1.50 bits per heavy atom. The first-order chi connectivity index (χ1) is 6.70. The van der Waals surface area contributed by atoms with Gasteiger partial charge in [-0.15, -0.1) is 6.58 Å². The van der Waals surface area contributed by atoms with Crippen molar-refractivity contribution in [3.8, 4) is 0 Å². The summed E-state index contributed by atoms with van der Waals surface area (Å²) in [6, 6.07) is 5.54. The SMILES string of the molecule is C=C[C](C)c1cccc(CCC)c1F. The molecule has 0 aliphatic rings. The highest BCUT2D eigenvalue weighted by molar-refractivity contribution is 5.39. The Morgan fingerprint density at radius 2 is 2.21 bits per heavy atom. The van der Waals surface area contributed by atoms with Crippen molar-refractivity contribution in [2.45, 2.75) is 26.7 Å². The number of hydrogen-bond acceptors (Lipinski definition) is 0. The lowest BCUT2D eigenvalue weighted by molar-refractivity contribution is 0.597. The van der Waals surface area contributed by atoms with Crippen LogP contribution in [0.3, 0.4) is 0 Å². The van der Waals surface area contributed by atoms with Gasteiger partial charge in [0.2, 0.25) is 0 Å². The van der Waals surface area contributed by atoms with Gasteiger partial charge in [-0.25, -0.2) is 4.39 Å². The molecule has 14 heavy (non-hydrogen) atoms. The maximum Gasteiger partial charge on any atom is 0.130 e. The molecule has 0 fully saturated rings. The molecule has 0 bridgehead atoms. The smallest absolute Gasteiger partial charge is 0.130 e. The van der Waals surface area contributed by atoms with Crippen LogP contribution >= 0.6 is 0 Å². The number of benzene rings is 1. The first kappa shape index (κ1) is 11.0. The normalized spacial score (nSPS) is 10.6. The third-order valence-electron chi connectivity index (χ3n) is 2.33. The zero-order valence-electron chi connectivity index (χ0n) is 8.81. The molecule has 1 radical (unpaired) electrons. The molecule has 0 amide bonds. The Balaban J connectivity index is 3.06. The molecule has 0 nitrogen and oxygen atoms in total. The summed E-state index contributed by atoms with van der Waals surface area (Å²) in [5, 5.41) is 0. The lowest BCUT2D eigenvalue weighted by Crippen LogP contribution is -1.99. The second-order valence-corrected chi connectivity index (χ2v) is 3.42. The molecule has 1 rings (SSSR count). The summed E-state index contributed by atoms with van der Waals surface area (Å²) in [4.78, 5) is 0. The topological polar surface area (TPSA) is 0 Å². The van der Waals surface area contributed by atoms with Crippen molar-refractivity contribution in [2.75, 3.05) is 0 Å². The van der Waals surface area contributed by atoms with E-state index < -0.39 is 0 Å². The lowest BCUT2D eigenvalue weighted by Gasteiger charge is -2.10. The highest BCUT2D eigenvalue weighted by Gasteiger charge is 2.11. The second-order valence-electron chi connectivity index (χ2n) is 3.42. The molecule has 0 saturated heterocycles. The van der Waals surface area contributed by atoms with E-state index in [1.807, 2.05) is 19.1 Å². The maximum atomic E-state index is 13.8. The highest BCUT2D eigenvalue weighted by Crippen LogP contribution is 2.22. The largest absolute Gasteiger partial charge is 0.206 e. The average Bonchev–Trinajstić information content (AvgIpc) is 2.20. The molecule has 0 saturated carbocycles. The molecule has 0 atom stereocenters. The molecule has 0 aliphatic heterocycles. The Bertz CT molecular complexity index is 315. The Labute approximate surface area is 85.5 Å². The predicted octanol–water partition coefficient (Wildman–Crippen LogP) is 3.91. The molecule has 1 aromatic carbocycles. The van der Waals surface area contributed by atoms with Crippen molar-refractivity contribution in [1.29, 1.82) is 0 Å². The van der Waals surface area contributed by atoms with Crippen molar-refractivity contribution in [3.05, 3.63) is 53.7 Å². The fourth-order valence-corrected chi connectivity index (χ4v) is 1.46. The minimum absolute atomic E-state index is 0.0910. The molecule has 0 spiro atoms. The fourth-order valence-electron chi connectivity index (χ4n) is 1.46. The van der Waals surface area contributed by atoms with Gasteiger partial charge in [-0.2, -0.15) is 0 Å². The van der Waals surface area contributed by atoms with Gasteiger partial charge in [-0.3, -0.25) is 0 Å². The van der Waals surface area contributed by atoms with Gasteiger partial charge in [0, 0.05) is 5.92 Å². The number of halogens is 1. The molecule has 1 aromatic rings. The molecule has 0 heterocycles. The second kappa shape index (κ2) is 4.94. The summed E-state index contributed by atoms with van der Waals surface area (Å²) in [5.41, 5.74) is 1.47. The van der Waals surface area contributed by atoms with E-state index in [1.165, 1.54) is 0 Å². The van der Waals surface area contributed by atoms with E-state index >= 15 is 0 Å². The van der Waals surface area contributed by atoms with E-state index in [0.717, 1.165) is 24.3 Å². The summed E-state index contributed by atoms with van der Waals surface area (Å²) in [6.45, 7) is 7.58. The van der Waals surface area contributed by atoms with E-state index in [1.54, 1.807) is 12.1 Å². The molecular weight excluding hydrogens is 175 g/mol. The third-order valence-corrected chi connectivity index (χ3v) is 2.33. The van der Waals surface area contributed by atoms with Crippen LogP contribution in [0.25, 0.3) is 0 Å². The van der Waals surface area contributed by atoms with Gasteiger partial charge in [0.1, 0.15) is 5.82 Å². The fraction of sp³-hybridized carbons (Fsp3) is 0.308. The Morgan fingerprint density at radius 3 is 2.79 bits per heavy atom. The van der Waals surface area contributed by atoms with Crippen molar-refractivity contribution < 1.29 is 4.39 Å². The lowest BCUT2D eigenvalue weighted by atomic mass is 9.97. The van der Waals surface area contributed by atoms with E-state index in [0.29, 0.717) is 5.56 Å². The molecule has 1 heteroatoms. The van der Waals surface area contributed by atoms with E-state index in [9.17, 15) is 4.39 Å². The quantitative estimate of drug-likeness (QED) is 0.677. The zero-order chi connectivity index (χ0) is 10.6. The van der Waals surface area contributed by atoms with Crippen LogP contribution in [0.4, 0.5) is 4.39 Å². The van der Waals surface area contributed by atoms with E-state index in [2.05, 4.69) is 13.5 Å². The minimum atomic E-state index is -0.0910. The minimum Gasteiger partial charge on any atom is -0.206 e. The molecular formula is C13H16F.